The lowest BCUT2D eigenvalue weighted by Crippen LogP contribution is -2.18. The lowest BCUT2D eigenvalue weighted by molar-refractivity contribution is -0.114. The van der Waals surface area contributed by atoms with Gasteiger partial charge in [0.25, 0.3) is 0 Å². The number of aromatic hydroxyl groups is 2. The minimum absolute atomic E-state index is 0.0181. The van der Waals surface area contributed by atoms with E-state index in [2.05, 4.69) is 31.9 Å². The average molecular weight is 436 g/mol. The number of ketones is 1. The molecule has 0 bridgehead atoms. The van der Waals surface area contributed by atoms with Crippen molar-refractivity contribution < 1.29 is 15.0 Å². The van der Waals surface area contributed by atoms with Crippen molar-refractivity contribution in [2.75, 3.05) is 0 Å². The molecule has 1 saturated carbocycles. The van der Waals surface area contributed by atoms with Gasteiger partial charge in [0.1, 0.15) is 11.5 Å². The third kappa shape index (κ3) is 3.41. The monoisotopic (exact) mass is 434 g/mol. The van der Waals surface area contributed by atoms with Crippen LogP contribution in [-0.4, -0.2) is 16.0 Å². The predicted octanol–water partition coefficient (Wildman–Crippen LogP) is 5.06. The Balaban J connectivity index is 1.86. The lowest BCUT2D eigenvalue weighted by atomic mass is 9.82. The summed E-state index contributed by atoms with van der Waals surface area (Å²) in [5, 5.41) is 19.1. The minimum atomic E-state index is -0.0181. The number of benzene rings is 2. The standard InChI is InChI=1S/C18H12Br2O3/c19-16-3-1-14(21)8-10(16)5-12-7-13(18(12)23)6-11-9-15(22)2-4-17(11)20/h1-6,8-9,21-22H,7H2. The fourth-order valence-electron chi connectivity index (χ4n) is 2.36. The summed E-state index contributed by atoms with van der Waals surface area (Å²) in [7, 11) is 0. The molecule has 1 aliphatic rings. The van der Waals surface area contributed by atoms with E-state index in [0.717, 1.165) is 20.1 Å². The van der Waals surface area contributed by atoms with Crippen molar-refractivity contribution in [1.29, 1.82) is 0 Å². The Kier molecular flexibility index (Phi) is 4.41. The van der Waals surface area contributed by atoms with Gasteiger partial charge in [-0.2, -0.15) is 0 Å². The van der Waals surface area contributed by atoms with E-state index in [1.54, 1.807) is 48.6 Å². The fourth-order valence-corrected chi connectivity index (χ4v) is 3.08. The van der Waals surface area contributed by atoms with Gasteiger partial charge in [-0.15, -0.1) is 0 Å². The summed E-state index contributed by atoms with van der Waals surface area (Å²) < 4.78 is 1.65. The number of Topliss-reactive ketones (excluding diaryl/α,β-unsaturated/α-hetero) is 1. The number of hydrogen-bond donors (Lipinski definition) is 2. The third-order valence-electron chi connectivity index (χ3n) is 3.58. The number of carbonyl (C=O) groups is 1. The van der Waals surface area contributed by atoms with E-state index < -0.39 is 0 Å². The van der Waals surface area contributed by atoms with Crippen molar-refractivity contribution in [2.24, 2.45) is 0 Å². The maximum absolute atomic E-state index is 12.3. The van der Waals surface area contributed by atoms with E-state index >= 15 is 0 Å². The smallest absolute Gasteiger partial charge is 0.185 e. The molecule has 0 amide bonds. The summed E-state index contributed by atoms with van der Waals surface area (Å²) in [4.78, 5) is 12.3. The lowest BCUT2D eigenvalue weighted by Gasteiger charge is -2.20. The average Bonchev–Trinajstić information content (AvgIpc) is 2.52. The molecule has 2 aromatic rings. The highest BCUT2D eigenvalue weighted by atomic mass is 79.9. The first kappa shape index (κ1) is 16.0. The van der Waals surface area contributed by atoms with Crippen molar-refractivity contribution in [3.05, 3.63) is 67.6 Å². The Morgan fingerprint density at radius 3 is 1.65 bits per heavy atom. The zero-order valence-electron chi connectivity index (χ0n) is 11.9. The topological polar surface area (TPSA) is 57.5 Å². The largest absolute Gasteiger partial charge is 0.508 e. The maximum Gasteiger partial charge on any atom is 0.185 e. The molecule has 116 valence electrons. The van der Waals surface area contributed by atoms with E-state index in [4.69, 9.17) is 0 Å². The summed E-state index contributed by atoms with van der Waals surface area (Å²) in [5.41, 5.74) is 2.93. The van der Waals surface area contributed by atoms with Gasteiger partial charge in [-0.1, -0.05) is 31.9 Å². The molecule has 5 heteroatoms. The van der Waals surface area contributed by atoms with Gasteiger partial charge >= 0.3 is 0 Å². The summed E-state index contributed by atoms with van der Waals surface area (Å²) in [6, 6.07) is 9.87. The summed E-state index contributed by atoms with van der Waals surface area (Å²) in [5.74, 6) is 0.299. The molecule has 0 heterocycles. The molecule has 0 aliphatic heterocycles. The Hall–Kier alpha value is -1.85. The molecule has 0 aromatic heterocycles. The Morgan fingerprint density at radius 1 is 0.826 bits per heavy atom. The quantitative estimate of drug-likeness (QED) is 0.648. The highest BCUT2D eigenvalue weighted by molar-refractivity contribution is 9.10. The normalized spacial score (nSPS) is 17.6. The summed E-state index contributed by atoms with van der Waals surface area (Å²) >= 11 is 6.81. The van der Waals surface area contributed by atoms with Crippen molar-refractivity contribution in [3.63, 3.8) is 0 Å². The van der Waals surface area contributed by atoms with Gasteiger partial charge in [-0.3, -0.25) is 4.79 Å². The van der Waals surface area contributed by atoms with E-state index in [1.807, 2.05) is 0 Å². The van der Waals surface area contributed by atoms with Crippen LogP contribution in [0.5, 0.6) is 11.5 Å². The number of phenolic OH excluding ortho intramolecular Hbond substituents is 2. The van der Waals surface area contributed by atoms with Crippen LogP contribution in [0.2, 0.25) is 0 Å². The SMILES string of the molecule is O=C1C(=Cc2cc(O)ccc2Br)CC1=Cc1cc(O)ccc1Br. The van der Waals surface area contributed by atoms with Gasteiger partial charge in [0.15, 0.2) is 5.78 Å². The van der Waals surface area contributed by atoms with Gasteiger partial charge in [0.05, 0.1) is 0 Å². The van der Waals surface area contributed by atoms with Crippen LogP contribution in [-0.2, 0) is 4.79 Å². The number of hydrogen-bond acceptors (Lipinski definition) is 3. The number of carbonyl (C=O) groups excluding carboxylic acids is 1. The van der Waals surface area contributed by atoms with Crippen LogP contribution in [0.1, 0.15) is 17.5 Å². The predicted molar refractivity (Wildman–Crippen MR) is 97.2 cm³/mol. The van der Waals surface area contributed by atoms with Gasteiger partial charge < -0.3 is 10.2 Å². The molecule has 23 heavy (non-hydrogen) atoms. The molecule has 0 saturated heterocycles. The first-order valence-electron chi connectivity index (χ1n) is 6.87. The van der Waals surface area contributed by atoms with Crippen LogP contribution in [0.4, 0.5) is 0 Å². The molecule has 2 aromatic carbocycles. The first-order chi connectivity index (χ1) is 10.9. The van der Waals surface area contributed by atoms with Gasteiger partial charge in [-0.25, -0.2) is 0 Å². The minimum Gasteiger partial charge on any atom is -0.508 e. The maximum atomic E-state index is 12.3. The molecule has 3 rings (SSSR count). The van der Waals surface area contributed by atoms with Crippen molar-refractivity contribution in [3.8, 4) is 11.5 Å². The number of rotatable bonds is 2. The zero-order chi connectivity index (χ0) is 16.6. The van der Waals surface area contributed by atoms with Crippen molar-refractivity contribution in [1.82, 2.24) is 0 Å². The van der Waals surface area contributed by atoms with E-state index in [1.165, 1.54) is 0 Å². The Morgan fingerprint density at radius 2 is 1.26 bits per heavy atom. The molecular weight excluding hydrogens is 424 g/mol. The van der Waals surface area contributed by atoms with Crippen LogP contribution >= 0.6 is 31.9 Å². The van der Waals surface area contributed by atoms with E-state index in [9.17, 15) is 15.0 Å². The van der Waals surface area contributed by atoms with Crippen LogP contribution in [0, 0.1) is 0 Å². The third-order valence-corrected chi connectivity index (χ3v) is 5.03. The summed E-state index contributed by atoms with van der Waals surface area (Å²) in [6.45, 7) is 0. The molecular formula is C18H12Br2O3. The molecule has 0 radical (unpaired) electrons. The molecule has 1 aliphatic carbocycles. The van der Waals surface area contributed by atoms with Gasteiger partial charge in [-0.05, 0) is 59.7 Å². The molecule has 2 N–H and O–H groups in total. The Labute approximate surface area is 150 Å². The molecule has 0 unspecified atom stereocenters. The molecule has 0 atom stereocenters. The van der Waals surface area contributed by atoms with Crippen LogP contribution < -0.4 is 0 Å². The summed E-state index contributed by atoms with van der Waals surface area (Å²) in [6.07, 6.45) is 4.12. The van der Waals surface area contributed by atoms with E-state index in [-0.39, 0.29) is 17.3 Å². The van der Waals surface area contributed by atoms with Gasteiger partial charge in [0.2, 0.25) is 0 Å². The highest BCUT2D eigenvalue weighted by Gasteiger charge is 2.27. The molecule has 1 fully saturated rings. The Bertz CT molecular complexity index is 797. The van der Waals surface area contributed by atoms with Gasteiger partial charge in [0, 0.05) is 26.5 Å². The van der Waals surface area contributed by atoms with Crippen molar-refractivity contribution in [2.45, 2.75) is 6.42 Å². The van der Waals surface area contributed by atoms with Crippen LogP contribution in [0.25, 0.3) is 12.2 Å². The second kappa shape index (κ2) is 6.34. The van der Waals surface area contributed by atoms with E-state index in [0.29, 0.717) is 17.6 Å². The fraction of sp³-hybridized carbons (Fsp3) is 0.0556. The highest BCUT2D eigenvalue weighted by Crippen LogP contribution is 2.35. The first-order valence-corrected chi connectivity index (χ1v) is 8.45. The molecule has 0 spiro atoms. The number of allylic oxidation sites excluding steroid dienone is 2. The number of phenols is 2. The molecule has 3 nitrogen and oxygen atoms in total. The second-order valence-corrected chi connectivity index (χ2v) is 6.97. The second-order valence-electron chi connectivity index (χ2n) is 5.26. The van der Waals surface area contributed by atoms with Crippen LogP contribution in [0.3, 0.4) is 0 Å². The van der Waals surface area contributed by atoms with Crippen molar-refractivity contribution >= 4 is 49.8 Å². The number of halogens is 2. The van der Waals surface area contributed by atoms with Crippen LogP contribution in [0.15, 0.2) is 56.5 Å². The zero-order valence-corrected chi connectivity index (χ0v) is 15.1.